The Bertz CT molecular complexity index is 476. The lowest BCUT2D eigenvalue weighted by atomic mass is 9.90. The van der Waals surface area contributed by atoms with Crippen LogP contribution in [0.5, 0.6) is 0 Å². The van der Waals surface area contributed by atoms with E-state index < -0.39 is 5.92 Å². The summed E-state index contributed by atoms with van der Waals surface area (Å²) in [5, 5.41) is 0. The van der Waals surface area contributed by atoms with Crippen molar-refractivity contribution >= 4 is 11.4 Å². The van der Waals surface area contributed by atoms with Gasteiger partial charge >= 0.3 is 0 Å². The van der Waals surface area contributed by atoms with Gasteiger partial charge in [-0.3, -0.25) is 0 Å². The molecule has 2 rings (SSSR count). The number of nitrogen functional groups attached to an aromatic ring is 1. The SMILES string of the molecule is CCc1c(C)ccc(N(C)C2CCC(F)(F)CC2)c1N. The van der Waals surface area contributed by atoms with E-state index in [1.54, 1.807) is 0 Å². The average molecular weight is 282 g/mol. The lowest BCUT2D eigenvalue weighted by molar-refractivity contribution is -0.0377. The Morgan fingerprint density at radius 2 is 1.90 bits per heavy atom. The van der Waals surface area contributed by atoms with E-state index in [0.29, 0.717) is 12.8 Å². The Balaban J connectivity index is 2.20. The number of alkyl halides is 2. The summed E-state index contributed by atoms with van der Waals surface area (Å²) in [6, 6.07) is 4.24. The monoisotopic (exact) mass is 282 g/mol. The summed E-state index contributed by atoms with van der Waals surface area (Å²) in [6.45, 7) is 4.14. The molecule has 0 unspecified atom stereocenters. The highest BCUT2D eigenvalue weighted by Gasteiger charge is 2.36. The van der Waals surface area contributed by atoms with Crippen molar-refractivity contribution in [3.63, 3.8) is 0 Å². The maximum Gasteiger partial charge on any atom is 0.248 e. The predicted molar refractivity (Wildman–Crippen MR) is 80.6 cm³/mol. The Morgan fingerprint density at radius 1 is 1.30 bits per heavy atom. The predicted octanol–water partition coefficient (Wildman–Crippen LogP) is 4.15. The summed E-state index contributed by atoms with van der Waals surface area (Å²) >= 11 is 0. The van der Waals surface area contributed by atoms with Gasteiger partial charge in [0.2, 0.25) is 5.92 Å². The van der Waals surface area contributed by atoms with Gasteiger partial charge in [-0.05, 0) is 43.4 Å². The smallest absolute Gasteiger partial charge is 0.248 e. The average Bonchev–Trinajstić information content (AvgIpc) is 2.38. The van der Waals surface area contributed by atoms with E-state index in [0.717, 1.165) is 23.4 Å². The highest BCUT2D eigenvalue weighted by Crippen LogP contribution is 2.38. The Morgan fingerprint density at radius 3 is 2.45 bits per heavy atom. The first-order valence-corrected chi connectivity index (χ1v) is 7.34. The first-order chi connectivity index (χ1) is 9.35. The normalized spacial score (nSPS) is 19.1. The van der Waals surface area contributed by atoms with Crippen LogP contribution in [0, 0.1) is 6.92 Å². The number of hydrogen-bond acceptors (Lipinski definition) is 2. The molecule has 1 saturated carbocycles. The van der Waals surface area contributed by atoms with E-state index in [9.17, 15) is 8.78 Å². The molecular weight excluding hydrogens is 258 g/mol. The van der Waals surface area contributed by atoms with Crippen molar-refractivity contribution < 1.29 is 8.78 Å². The van der Waals surface area contributed by atoms with Crippen LogP contribution < -0.4 is 10.6 Å². The fourth-order valence-electron chi connectivity index (χ4n) is 3.15. The number of nitrogens with zero attached hydrogens (tertiary/aromatic N) is 1. The molecule has 0 heterocycles. The van der Waals surface area contributed by atoms with Gasteiger partial charge in [-0.15, -0.1) is 0 Å². The highest BCUT2D eigenvalue weighted by atomic mass is 19.3. The molecule has 0 atom stereocenters. The van der Waals surface area contributed by atoms with Crippen molar-refractivity contribution in [3.05, 3.63) is 23.3 Å². The molecule has 0 bridgehead atoms. The second-order valence-electron chi connectivity index (χ2n) is 5.85. The summed E-state index contributed by atoms with van der Waals surface area (Å²) in [4.78, 5) is 2.09. The summed E-state index contributed by atoms with van der Waals surface area (Å²) < 4.78 is 26.5. The molecule has 20 heavy (non-hydrogen) atoms. The van der Waals surface area contributed by atoms with Gasteiger partial charge < -0.3 is 10.6 Å². The molecule has 0 aliphatic heterocycles. The largest absolute Gasteiger partial charge is 0.397 e. The lowest BCUT2D eigenvalue weighted by Gasteiger charge is -2.36. The number of benzene rings is 1. The molecule has 4 heteroatoms. The van der Waals surface area contributed by atoms with Gasteiger partial charge in [0.25, 0.3) is 0 Å². The van der Waals surface area contributed by atoms with E-state index >= 15 is 0 Å². The molecule has 0 radical (unpaired) electrons. The zero-order chi connectivity index (χ0) is 14.9. The topological polar surface area (TPSA) is 29.3 Å². The number of hydrogen-bond donors (Lipinski definition) is 1. The fraction of sp³-hybridized carbons (Fsp3) is 0.625. The third-order valence-electron chi connectivity index (χ3n) is 4.54. The zero-order valence-corrected chi connectivity index (χ0v) is 12.5. The van der Waals surface area contributed by atoms with Gasteiger partial charge in [-0.2, -0.15) is 0 Å². The molecule has 2 nitrogen and oxygen atoms in total. The molecule has 0 saturated heterocycles. The molecule has 1 aliphatic rings. The summed E-state index contributed by atoms with van der Waals surface area (Å²) in [6.07, 6.45) is 1.90. The van der Waals surface area contributed by atoms with Crippen LogP contribution in [0.25, 0.3) is 0 Å². The minimum Gasteiger partial charge on any atom is -0.397 e. The van der Waals surface area contributed by atoms with Crippen molar-refractivity contribution in [1.29, 1.82) is 0 Å². The Labute approximate surface area is 120 Å². The quantitative estimate of drug-likeness (QED) is 0.844. The van der Waals surface area contributed by atoms with E-state index in [1.807, 2.05) is 13.1 Å². The number of aryl methyl sites for hydroxylation is 1. The van der Waals surface area contributed by atoms with E-state index in [1.165, 1.54) is 5.56 Å². The van der Waals surface area contributed by atoms with Crippen LogP contribution in [-0.4, -0.2) is 19.0 Å². The number of halogens is 2. The van der Waals surface area contributed by atoms with E-state index in [4.69, 9.17) is 5.73 Å². The highest BCUT2D eigenvalue weighted by molar-refractivity contribution is 5.73. The minimum absolute atomic E-state index is 0.0194. The van der Waals surface area contributed by atoms with Crippen LogP contribution in [0.2, 0.25) is 0 Å². The van der Waals surface area contributed by atoms with Gasteiger partial charge in [-0.1, -0.05) is 13.0 Å². The number of rotatable bonds is 3. The molecule has 112 valence electrons. The van der Waals surface area contributed by atoms with Crippen LogP contribution in [0.15, 0.2) is 12.1 Å². The molecule has 2 N–H and O–H groups in total. The van der Waals surface area contributed by atoms with Crippen LogP contribution in [0.3, 0.4) is 0 Å². The minimum atomic E-state index is -2.48. The van der Waals surface area contributed by atoms with Crippen LogP contribution in [0.1, 0.15) is 43.7 Å². The number of anilines is 2. The van der Waals surface area contributed by atoms with Gasteiger partial charge in [0.15, 0.2) is 0 Å². The van der Waals surface area contributed by atoms with Gasteiger partial charge in [0.1, 0.15) is 0 Å². The van der Waals surface area contributed by atoms with Crippen molar-refractivity contribution in [2.24, 2.45) is 0 Å². The van der Waals surface area contributed by atoms with Gasteiger partial charge in [0, 0.05) is 25.9 Å². The molecule has 1 aromatic carbocycles. The number of nitrogens with two attached hydrogens (primary N) is 1. The zero-order valence-electron chi connectivity index (χ0n) is 12.5. The molecule has 1 aliphatic carbocycles. The van der Waals surface area contributed by atoms with E-state index in [-0.39, 0.29) is 18.9 Å². The van der Waals surface area contributed by atoms with Crippen molar-refractivity contribution in [1.82, 2.24) is 0 Å². The van der Waals surface area contributed by atoms with Crippen LogP contribution in [0.4, 0.5) is 20.2 Å². The maximum absolute atomic E-state index is 13.3. The van der Waals surface area contributed by atoms with Crippen LogP contribution >= 0.6 is 0 Å². The third-order valence-corrected chi connectivity index (χ3v) is 4.54. The summed E-state index contributed by atoms with van der Waals surface area (Å²) in [5.41, 5.74) is 10.4. The lowest BCUT2D eigenvalue weighted by Crippen LogP contribution is -2.38. The van der Waals surface area contributed by atoms with Crippen molar-refractivity contribution in [2.45, 2.75) is 57.9 Å². The maximum atomic E-state index is 13.3. The van der Waals surface area contributed by atoms with Crippen molar-refractivity contribution in [3.8, 4) is 0 Å². The Hall–Kier alpha value is -1.32. The fourth-order valence-corrected chi connectivity index (χ4v) is 3.15. The first-order valence-electron chi connectivity index (χ1n) is 7.34. The van der Waals surface area contributed by atoms with E-state index in [2.05, 4.69) is 24.8 Å². The van der Waals surface area contributed by atoms with Crippen LogP contribution in [-0.2, 0) is 6.42 Å². The summed E-state index contributed by atoms with van der Waals surface area (Å²) in [7, 11) is 1.97. The second-order valence-corrected chi connectivity index (χ2v) is 5.85. The molecular formula is C16H24F2N2. The molecule has 0 spiro atoms. The molecule has 0 aromatic heterocycles. The molecule has 0 amide bonds. The third kappa shape index (κ3) is 2.89. The molecule has 1 aromatic rings. The second kappa shape index (κ2) is 5.58. The molecule has 1 fully saturated rings. The van der Waals surface area contributed by atoms with Gasteiger partial charge in [0.05, 0.1) is 11.4 Å². The van der Waals surface area contributed by atoms with Gasteiger partial charge in [-0.25, -0.2) is 8.78 Å². The standard InChI is InChI=1S/C16H24F2N2/c1-4-13-11(2)5-6-14(15(13)19)20(3)12-7-9-16(17,18)10-8-12/h5-6,12H,4,7-10,19H2,1-3H3. The first kappa shape index (κ1) is 15.1. The summed E-state index contributed by atoms with van der Waals surface area (Å²) in [5.74, 6) is -2.48. The Kier molecular flexibility index (Phi) is 4.21. The van der Waals surface area contributed by atoms with Crippen molar-refractivity contribution in [2.75, 3.05) is 17.7 Å².